The van der Waals surface area contributed by atoms with Crippen LogP contribution in [0.2, 0.25) is 0 Å². The summed E-state index contributed by atoms with van der Waals surface area (Å²) in [7, 11) is 0. The van der Waals surface area contributed by atoms with Crippen molar-refractivity contribution in [3.8, 4) is 0 Å². The Morgan fingerprint density at radius 2 is 1.14 bits per heavy atom. The highest BCUT2D eigenvalue weighted by molar-refractivity contribution is 5.85. The van der Waals surface area contributed by atoms with Gasteiger partial charge in [-0.1, -0.05) is 103 Å². The van der Waals surface area contributed by atoms with E-state index < -0.39 is 29.2 Å². The van der Waals surface area contributed by atoms with Crippen LogP contribution in [0.4, 0.5) is 4.39 Å². The average molecular weight is 468 g/mol. The predicted octanol–water partition coefficient (Wildman–Crippen LogP) is 5.36. The van der Waals surface area contributed by atoms with Crippen LogP contribution in [-0.4, -0.2) is 23.0 Å². The highest BCUT2D eigenvalue weighted by Gasteiger charge is 2.39. The molecule has 2 N–H and O–H groups in total. The van der Waals surface area contributed by atoms with Crippen LogP contribution >= 0.6 is 0 Å². The van der Waals surface area contributed by atoms with Gasteiger partial charge in [-0.3, -0.25) is 4.79 Å². The molecule has 0 aromatic heterocycles. The molecule has 0 radical (unpaired) electrons. The van der Waals surface area contributed by atoms with Crippen molar-refractivity contribution in [1.29, 1.82) is 0 Å². The van der Waals surface area contributed by atoms with E-state index in [2.05, 4.69) is 5.32 Å². The first-order valence-electron chi connectivity index (χ1n) is 11.4. The van der Waals surface area contributed by atoms with Crippen LogP contribution in [0.3, 0.4) is 0 Å². The molecule has 4 aromatic rings. The van der Waals surface area contributed by atoms with E-state index in [1.807, 2.05) is 91.0 Å². The van der Waals surface area contributed by atoms with E-state index in [-0.39, 0.29) is 12.8 Å². The van der Waals surface area contributed by atoms with E-state index >= 15 is 0 Å². The molecule has 4 nitrogen and oxygen atoms in total. The number of carbonyl (C=O) groups excluding carboxylic acids is 1. The third kappa shape index (κ3) is 5.46. The van der Waals surface area contributed by atoms with Gasteiger partial charge in [0, 0.05) is 12.8 Å². The molecule has 0 spiro atoms. The quantitative estimate of drug-likeness (QED) is 0.326. The summed E-state index contributed by atoms with van der Waals surface area (Å²) in [6.07, 6.45) is 0.0641. The lowest BCUT2D eigenvalue weighted by molar-refractivity contribution is -0.141. The standard InChI is InChI=1S/C30H26FNO3/c31-26-18-16-22(17-19-26)20-27(29(34)35)32-28(33)21-30(23-10-4-1-5-11-23,24-12-6-2-7-13-24)25-14-8-3-9-15-25/h1-19,27H,20-21H2,(H,32,33)(H,34,35)/t27-/m0/s1. The van der Waals surface area contributed by atoms with Crippen LogP contribution < -0.4 is 5.32 Å². The van der Waals surface area contributed by atoms with Gasteiger partial charge in [0.05, 0.1) is 5.41 Å². The van der Waals surface area contributed by atoms with Crippen molar-refractivity contribution >= 4 is 11.9 Å². The van der Waals surface area contributed by atoms with Gasteiger partial charge in [-0.25, -0.2) is 9.18 Å². The maximum atomic E-state index is 13.5. The van der Waals surface area contributed by atoms with Crippen LogP contribution in [0.25, 0.3) is 0 Å². The SMILES string of the molecule is O=C(CC(c1ccccc1)(c1ccccc1)c1ccccc1)N[C@@H](Cc1ccc(F)cc1)C(=O)O. The van der Waals surface area contributed by atoms with E-state index in [1.165, 1.54) is 24.3 Å². The third-order valence-corrected chi connectivity index (χ3v) is 6.21. The van der Waals surface area contributed by atoms with E-state index in [0.29, 0.717) is 5.56 Å². The fourth-order valence-corrected chi connectivity index (χ4v) is 4.52. The molecule has 5 heteroatoms. The van der Waals surface area contributed by atoms with Crippen molar-refractivity contribution in [2.24, 2.45) is 0 Å². The minimum atomic E-state index is -1.15. The molecule has 0 aliphatic carbocycles. The minimum Gasteiger partial charge on any atom is -0.480 e. The van der Waals surface area contributed by atoms with Gasteiger partial charge in [-0.15, -0.1) is 0 Å². The third-order valence-electron chi connectivity index (χ3n) is 6.21. The normalized spacial score (nSPS) is 12.0. The van der Waals surface area contributed by atoms with Gasteiger partial charge in [0.2, 0.25) is 5.91 Å². The van der Waals surface area contributed by atoms with Crippen LogP contribution in [0.5, 0.6) is 0 Å². The summed E-state index contributed by atoms with van der Waals surface area (Å²) < 4.78 is 13.3. The molecule has 35 heavy (non-hydrogen) atoms. The summed E-state index contributed by atoms with van der Waals surface area (Å²) in [6, 6.07) is 33.8. The minimum absolute atomic E-state index is 0.0121. The van der Waals surface area contributed by atoms with Crippen molar-refractivity contribution in [2.45, 2.75) is 24.3 Å². The number of hydrogen-bond donors (Lipinski definition) is 2. The number of carbonyl (C=O) groups is 2. The lowest BCUT2D eigenvalue weighted by Crippen LogP contribution is -2.45. The Kier molecular flexibility index (Phi) is 7.36. The summed E-state index contributed by atoms with van der Waals surface area (Å²) in [4.78, 5) is 25.5. The molecule has 0 aliphatic rings. The van der Waals surface area contributed by atoms with Crippen molar-refractivity contribution in [2.75, 3.05) is 0 Å². The molecule has 176 valence electrons. The van der Waals surface area contributed by atoms with Gasteiger partial charge in [-0.2, -0.15) is 0 Å². The highest BCUT2D eigenvalue weighted by atomic mass is 19.1. The molecule has 1 atom stereocenters. The van der Waals surface area contributed by atoms with Crippen molar-refractivity contribution < 1.29 is 19.1 Å². The number of nitrogens with one attached hydrogen (secondary N) is 1. The molecule has 4 aromatic carbocycles. The first kappa shape index (κ1) is 23.9. The molecule has 0 unspecified atom stereocenters. The first-order chi connectivity index (χ1) is 17.0. The fraction of sp³-hybridized carbons (Fsp3) is 0.133. The van der Waals surface area contributed by atoms with Crippen LogP contribution in [-0.2, 0) is 21.4 Å². The molecular formula is C30H26FNO3. The molecule has 0 heterocycles. The van der Waals surface area contributed by atoms with Crippen molar-refractivity contribution in [1.82, 2.24) is 5.32 Å². The summed E-state index contributed by atoms with van der Waals surface area (Å²) in [5, 5.41) is 12.5. The second kappa shape index (κ2) is 10.8. The molecule has 0 saturated heterocycles. The molecule has 0 saturated carbocycles. The summed E-state index contributed by atoms with van der Waals surface area (Å²) >= 11 is 0. The van der Waals surface area contributed by atoms with Crippen LogP contribution in [0, 0.1) is 5.82 Å². The number of benzene rings is 4. The number of amides is 1. The van der Waals surface area contributed by atoms with Gasteiger partial charge >= 0.3 is 5.97 Å². The smallest absolute Gasteiger partial charge is 0.326 e. The Hall–Kier alpha value is -4.25. The Bertz CT molecular complexity index is 1160. The summed E-state index contributed by atoms with van der Waals surface area (Å²) in [6.45, 7) is 0. The number of carboxylic acid groups (broad SMARTS) is 1. The number of aliphatic carboxylic acids is 1. The molecule has 0 bridgehead atoms. The maximum Gasteiger partial charge on any atom is 0.326 e. The van der Waals surface area contributed by atoms with Gasteiger partial charge < -0.3 is 10.4 Å². The van der Waals surface area contributed by atoms with E-state index in [4.69, 9.17) is 0 Å². The summed E-state index contributed by atoms with van der Waals surface area (Å²) in [5.41, 5.74) is 2.58. The Morgan fingerprint density at radius 1 is 0.714 bits per heavy atom. The van der Waals surface area contributed by atoms with Crippen molar-refractivity contribution in [3.63, 3.8) is 0 Å². The van der Waals surface area contributed by atoms with Crippen molar-refractivity contribution in [3.05, 3.63) is 143 Å². The average Bonchev–Trinajstić information content (AvgIpc) is 2.89. The molecule has 0 fully saturated rings. The topological polar surface area (TPSA) is 66.4 Å². The molecule has 4 rings (SSSR count). The zero-order valence-corrected chi connectivity index (χ0v) is 19.1. The second-order valence-corrected chi connectivity index (χ2v) is 8.47. The fourth-order valence-electron chi connectivity index (χ4n) is 4.52. The van der Waals surface area contributed by atoms with E-state index in [0.717, 1.165) is 16.7 Å². The largest absolute Gasteiger partial charge is 0.480 e. The lowest BCUT2D eigenvalue weighted by Gasteiger charge is -2.36. The predicted molar refractivity (Wildman–Crippen MR) is 133 cm³/mol. The van der Waals surface area contributed by atoms with Crippen LogP contribution in [0.15, 0.2) is 115 Å². The Balaban J connectivity index is 1.72. The lowest BCUT2D eigenvalue weighted by atomic mass is 9.67. The Morgan fingerprint density at radius 3 is 1.54 bits per heavy atom. The monoisotopic (exact) mass is 467 g/mol. The zero-order chi connectivity index (χ0) is 24.7. The van der Waals surface area contributed by atoms with E-state index in [1.54, 1.807) is 0 Å². The molecule has 0 aliphatic heterocycles. The maximum absolute atomic E-state index is 13.5. The van der Waals surface area contributed by atoms with Gasteiger partial charge in [0.1, 0.15) is 11.9 Å². The van der Waals surface area contributed by atoms with Gasteiger partial charge in [-0.05, 0) is 34.4 Å². The van der Waals surface area contributed by atoms with Crippen LogP contribution in [0.1, 0.15) is 28.7 Å². The first-order valence-corrected chi connectivity index (χ1v) is 11.4. The number of rotatable bonds is 9. The number of hydrogen-bond acceptors (Lipinski definition) is 2. The number of carboxylic acids is 1. The molecular weight excluding hydrogens is 441 g/mol. The highest BCUT2D eigenvalue weighted by Crippen LogP contribution is 2.42. The van der Waals surface area contributed by atoms with Gasteiger partial charge in [0.15, 0.2) is 0 Å². The zero-order valence-electron chi connectivity index (χ0n) is 19.1. The Labute approximate surface area is 204 Å². The number of halogens is 1. The summed E-state index contributed by atoms with van der Waals surface area (Å²) in [5.74, 6) is -1.94. The second-order valence-electron chi connectivity index (χ2n) is 8.47. The van der Waals surface area contributed by atoms with E-state index in [9.17, 15) is 19.1 Å². The van der Waals surface area contributed by atoms with Gasteiger partial charge in [0.25, 0.3) is 0 Å². The molecule has 1 amide bonds.